The van der Waals surface area contributed by atoms with Crippen molar-refractivity contribution < 1.29 is 18.3 Å². The number of carbonyl (C=O) groups excluding carboxylic acids is 1. The van der Waals surface area contributed by atoms with E-state index in [2.05, 4.69) is 24.5 Å². The van der Waals surface area contributed by atoms with Gasteiger partial charge in [-0.05, 0) is 23.6 Å². The second-order valence-electron chi connectivity index (χ2n) is 6.06. The highest BCUT2D eigenvalue weighted by Crippen LogP contribution is 2.25. The van der Waals surface area contributed by atoms with Gasteiger partial charge < -0.3 is 10.1 Å². The quantitative estimate of drug-likeness (QED) is 0.848. The van der Waals surface area contributed by atoms with Crippen LogP contribution in [-0.4, -0.2) is 31.0 Å². The third-order valence-electron chi connectivity index (χ3n) is 3.37. The van der Waals surface area contributed by atoms with Gasteiger partial charge in [-0.1, -0.05) is 26.0 Å². The number of ether oxygens (including phenoxy) is 1. The van der Waals surface area contributed by atoms with Crippen LogP contribution in [0.2, 0.25) is 0 Å². The summed E-state index contributed by atoms with van der Waals surface area (Å²) in [5.41, 5.74) is 0.874. The summed E-state index contributed by atoms with van der Waals surface area (Å²) in [5, 5.41) is 5.22. The molecule has 0 saturated carbocycles. The van der Waals surface area contributed by atoms with Gasteiger partial charge in [-0.3, -0.25) is 10.1 Å². The second kappa shape index (κ2) is 7.05. The summed E-state index contributed by atoms with van der Waals surface area (Å²) >= 11 is 0. The van der Waals surface area contributed by atoms with Crippen molar-refractivity contribution in [2.45, 2.75) is 38.8 Å². The summed E-state index contributed by atoms with van der Waals surface area (Å²) in [6, 6.07) is 6.58. The largest absolute Gasteiger partial charge is 0.493 e. The number of hydrogen-bond acceptors (Lipinski definition) is 3. The van der Waals surface area contributed by atoms with Crippen LogP contribution in [0.4, 0.5) is 8.78 Å². The molecule has 0 aliphatic carbocycles. The normalized spacial score (nSPS) is 20.1. The van der Waals surface area contributed by atoms with Crippen LogP contribution in [0.15, 0.2) is 24.3 Å². The second-order valence-corrected chi connectivity index (χ2v) is 6.06. The van der Waals surface area contributed by atoms with Gasteiger partial charge in [-0.25, -0.2) is 8.78 Å². The Morgan fingerprint density at radius 1 is 1.50 bits per heavy atom. The molecular formula is C16H22F2N2O2. The van der Waals surface area contributed by atoms with Crippen LogP contribution in [0.5, 0.6) is 5.75 Å². The minimum atomic E-state index is -2.80. The van der Waals surface area contributed by atoms with Gasteiger partial charge in [0.2, 0.25) is 5.91 Å². The smallest absolute Gasteiger partial charge is 0.262 e. The summed E-state index contributed by atoms with van der Waals surface area (Å²) in [7, 11) is 0. The Morgan fingerprint density at radius 3 is 2.91 bits per heavy atom. The van der Waals surface area contributed by atoms with E-state index in [-0.39, 0.29) is 0 Å². The molecule has 0 bridgehead atoms. The Bertz CT molecular complexity index is 521. The zero-order valence-electron chi connectivity index (χ0n) is 12.9. The third-order valence-corrected chi connectivity index (χ3v) is 3.37. The molecule has 6 heteroatoms. The number of alkyl halides is 2. The highest BCUT2D eigenvalue weighted by atomic mass is 19.3. The first-order valence-electron chi connectivity index (χ1n) is 7.46. The van der Waals surface area contributed by atoms with Gasteiger partial charge >= 0.3 is 0 Å². The van der Waals surface area contributed by atoms with Gasteiger partial charge in [0.15, 0.2) is 0 Å². The Balaban J connectivity index is 1.84. The molecule has 1 fully saturated rings. The van der Waals surface area contributed by atoms with Gasteiger partial charge in [-0.2, -0.15) is 0 Å². The van der Waals surface area contributed by atoms with E-state index in [1.54, 1.807) is 0 Å². The van der Waals surface area contributed by atoms with Crippen LogP contribution in [0.25, 0.3) is 0 Å². The van der Waals surface area contributed by atoms with E-state index in [1.165, 1.54) is 0 Å². The lowest BCUT2D eigenvalue weighted by Gasteiger charge is -2.13. The fraction of sp³-hybridized carbons (Fsp3) is 0.562. The number of amides is 1. The predicted molar refractivity (Wildman–Crippen MR) is 80.0 cm³/mol. The van der Waals surface area contributed by atoms with Gasteiger partial charge in [0.25, 0.3) is 5.92 Å². The average Bonchev–Trinajstić information content (AvgIpc) is 2.83. The van der Waals surface area contributed by atoms with E-state index < -0.39 is 30.8 Å². The molecule has 2 rings (SSSR count). The SMILES string of the molecule is CC(C)COc1cccc(CNC(=O)C2CC(F)(F)CN2)c1. The Hall–Kier alpha value is -1.69. The third kappa shape index (κ3) is 4.94. The fourth-order valence-electron chi connectivity index (χ4n) is 2.22. The molecule has 1 atom stereocenters. The molecule has 1 amide bonds. The minimum Gasteiger partial charge on any atom is -0.493 e. The summed E-state index contributed by atoms with van der Waals surface area (Å²) in [5.74, 6) is -2.03. The Morgan fingerprint density at radius 2 is 2.27 bits per heavy atom. The fourth-order valence-corrected chi connectivity index (χ4v) is 2.22. The minimum absolute atomic E-state index is 0.293. The van der Waals surface area contributed by atoms with E-state index >= 15 is 0 Å². The zero-order chi connectivity index (χ0) is 16.2. The van der Waals surface area contributed by atoms with Crippen LogP contribution in [0, 0.1) is 5.92 Å². The summed E-state index contributed by atoms with van der Waals surface area (Å²) < 4.78 is 31.7. The lowest BCUT2D eigenvalue weighted by Crippen LogP contribution is -2.40. The van der Waals surface area contributed by atoms with E-state index in [9.17, 15) is 13.6 Å². The van der Waals surface area contributed by atoms with Crippen molar-refractivity contribution in [3.63, 3.8) is 0 Å². The maximum Gasteiger partial charge on any atom is 0.262 e. The molecule has 1 aliphatic heterocycles. The van der Waals surface area contributed by atoms with Crippen LogP contribution < -0.4 is 15.4 Å². The topological polar surface area (TPSA) is 50.4 Å². The number of halogens is 2. The highest BCUT2D eigenvalue weighted by Gasteiger charge is 2.42. The van der Waals surface area contributed by atoms with Gasteiger partial charge in [0.1, 0.15) is 5.75 Å². The van der Waals surface area contributed by atoms with Crippen LogP contribution in [0.3, 0.4) is 0 Å². The van der Waals surface area contributed by atoms with Gasteiger partial charge in [0.05, 0.1) is 19.2 Å². The lowest BCUT2D eigenvalue weighted by molar-refractivity contribution is -0.123. The Labute approximate surface area is 129 Å². The van der Waals surface area contributed by atoms with Crippen molar-refractivity contribution in [1.82, 2.24) is 10.6 Å². The standard InChI is InChI=1S/C16H22F2N2O2/c1-11(2)9-22-13-5-3-4-12(6-13)8-19-15(21)14-7-16(17,18)10-20-14/h3-6,11,14,20H,7-10H2,1-2H3,(H,19,21). The molecule has 1 heterocycles. The molecule has 1 saturated heterocycles. The van der Waals surface area contributed by atoms with Crippen LogP contribution in [-0.2, 0) is 11.3 Å². The molecule has 122 valence electrons. The number of nitrogens with one attached hydrogen (secondary N) is 2. The number of rotatable bonds is 6. The number of hydrogen-bond donors (Lipinski definition) is 2. The van der Waals surface area contributed by atoms with Gasteiger partial charge in [-0.15, -0.1) is 0 Å². The van der Waals surface area contributed by atoms with Crippen LogP contribution >= 0.6 is 0 Å². The highest BCUT2D eigenvalue weighted by molar-refractivity contribution is 5.82. The first-order chi connectivity index (χ1) is 10.4. The average molecular weight is 312 g/mol. The van der Waals surface area contributed by atoms with Crippen molar-refractivity contribution >= 4 is 5.91 Å². The van der Waals surface area contributed by atoms with Crippen molar-refractivity contribution in [3.8, 4) is 5.75 Å². The molecule has 1 aliphatic rings. The van der Waals surface area contributed by atoms with Crippen molar-refractivity contribution in [2.75, 3.05) is 13.2 Å². The molecule has 0 spiro atoms. The van der Waals surface area contributed by atoms with Crippen molar-refractivity contribution in [3.05, 3.63) is 29.8 Å². The molecule has 4 nitrogen and oxygen atoms in total. The summed E-state index contributed by atoms with van der Waals surface area (Å²) in [6.45, 7) is 4.60. The van der Waals surface area contributed by atoms with E-state index in [0.29, 0.717) is 19.1 Å². The molecular weight excluding hydrogens is 290 g/mol. The summed E-state index contributed by atoms with van der Waals surface area (Å²) in [6.07, 6.45) is -0.448. The summed E-state index contributed by atoms with van der Waals surface area (Å²) in [4.78, 5) is 11.9. The van der Waals surface area contributed by atoms with Crippen molar-refractivity contribution in [2.24, 2.45) is 5.92 Å². The zero-order valence-corrected chi connectivity index (χ0v) is 12.9. The molecule has 1 unspecified atom stereocenters. The van der Waals surface area contributed by atoms with E-state index in [0.717, 1.165) is 11.3 Å². The predicted octanol–water partition coefficient (Wildman–Crippen LogP) is 2.33. The van der Waals surface area contributed by atoms with E-state index in [1.807, 2.05) is 24.3 Å². The first-order valence-corrected chi connectivity index (χ1v) is 7.46. The monoisotopic (exact) mass is 312 g/mol. The molecule has 0 radical (unpaired) electrons. The Kier molecular flexibility index (Phi) is 5.34. The van der Waals surface area contributed by atoms with Crippen molar-refractivity contribution in [1.29, 1.82) is 0 Å². The number of carbonyl (C=O) groups is 1. The van der Waals surface area contributed by atoms with Gasteiger partial charge in [0, 0.05) is 13.0 Å². The lowest BCUT2D eigenvalue weighted by atomic mass is 10.1. The molecule has 1 aromatic rings. The van der Waals surface area contributed by atoms with Crippen LogP contribution in [0.1, 0.15) is 25.8 Å². The maximum absolute atomic E-state index is 13.1. The van der Waals surface area contributed by atoms with E-state index in [4.69, 9.17) is 4.74 Å². The molecule has 22 heavy (non-hydrogen) atoms. The number of benzene rings is 1. The molecule has 1 aromatic carbocycles. The molecule has 2 N–H and O–H groups in total. The maximum atomic E-state index is 13.1. The first kappa shape index (κ1) is 16.7. The molecule has 0 aromatic heterocycles.